The van der Waals surface area contributed by atoms with Gasteiger partial charge in [-0.1, -0.05) is 0 Å². The molecule has 0 aliphatic carbocycles. The molecule has 86 valence electrons. The average molecular weight is 219 g/mol. The molecule has 5 heteroatoms. The zero-order valence-corrected chi connectivity index (χ0v) is 9.82. The first-order chi connectivity index (χ1) is 7.74. The van der Waals surface area contributed by atoms with Gasteiger partial charge < -0.3 is 10.2 Å². The maximum absolute atomic E-state index is 9.17. The zero-order valence-electron chi connectivity index (χ0n) is 9.82. The second-order valence-electron chi connectivity index (χ2n) is 4.11. The van der Waals surface area contributed by atoms with Gasteiger partial charge in [-0.2, -0.15) is 10.4 Å². The van der Waals surface area contributed by atoms with E-state index in [-0.39, 0.29) is 0 Å². The summed E-state index contributed by atoms with van der Waals surface area (Å²) in [4.78, 5) is 2.25. The van der Waals surface area contributed by atoms with Crippen molar-refractivity contribution in [2.24, 2.45) is 7.05 Å². The Morgan fingerprint density at radius 2 is 2.19 bits per heavy atom. The van der Waals surface area contributed by atoms with Crippen molar-refractivity contribution in [3.63, 3.8) is 0 Å². The maximum atomic E-state index is 9.17. The smallest absolute Gasteiger partial charge is 0.145 e. The summed E-state index contributed by atoms with van der Waals surface area (Å²) in [5.74, 6) is 0.962. The van der Waals surface area contributed by atoms with Crippen molar-refractivity contribution in [1.82, 2.24) is 15.1 Å². The van der Waals surface area contributed by atoms with Gasteiger partial charge in [0.15, 0.2) is 0 Å². The van der Waals surface area contributed by atoms with Crippen molar-refractivity contribution in [2.75, 3.05) is 31.1 Å². The molecule has 1 fully saturated rings. The highest BCUT2D eigenvalue weighted by atomic mass is 15.4. The minimum Gasteiger partial charge on any atom is -0.354 e. The van der Waals surface area contributed by atoms with Crippen LogP contribution in [0.25, 0.3) is 0 Å². The molecular weight excluding hydrogens is 202 g/mol. The molecule has 0 aromatic carbocycles. The summed E-state index contributed by atoms with van der Waals surface area (Å²) in [5, 5.41) is 16.8. The number of hydrogen-bond acceptors (Lipinski definition) is 4. The Hall–Kier alpha value is -1.54. The molecule has 0 radical (unpaired) electrons. The van der Waals surface area contributed by atoms with Gasteiger partial charge in [0.1, 0.15) is 17.5 Å². The van der Waals surface area contributed by atoms with Crippen LogP contribution in [-0.2, 0) is 7.05 Å². The van der Waals surface area contributed by atoms with Gasteiger partial charge >= 0.3 is 0 Å². The summed E-state index contributed by atoms with van der Waals surface area (Å²) in [7, 11) is 1.90. The van der Waals surface area contributed by atoms with Gasteiger partial charge in [0, 0.05) is 26.7 Å². The monoisotopic (exact) mass is 219 g/mol. The topological polar surface area (TPSA) is 56.9 Å². The summed E-state index contributed by atoms with van der Waals surface area (Å²) in [6.07, 6.45) is 1.11. The Bertz CT molecular complexity index is 407. The fourth-order valence-corrected chi connectivity index (χ4v) is 2.20. The third kappa shape index (κ3) is 1.89. The number of rotatable bonds is 1. The highest BCUT2D eigenvalue weighted by Gasteiger charge is 2.19. The molecule has 5 nitrogen and oxygen atoms in total. The molecule has 1 aliphatic rings. The van der Waals surface area contributed by atoms with Crippen LogP contribution >= 0.6 is 0 Å². The van der Waals surface area contributed by atoms with Crippen LogP contribution in [-0.4, -0.2) is 36.0 Å². The standard InChI is InChI=1S/C11H17N5/c1-9-10(8-12)11(15(2)14-9)16-6-3-4-13-5-7-16/h13H,3-7H2,1-2H3. The molecule has 1 aromatic heterocycles. The van der Waals surface area contributed by atoms with Crippen LogP contribution in [0.4, 0.5) is 5.82 Å². The van der Waals surface area contributed by atoms with Crippen LogP contribution < -0.4 is 10.2 Å². The zero-order chi connectivity index (χ0) is 11.5. The molecule has 1 aromatic rings. The molecule has 1 N–H and O–H groups in total. The van der Waals surface area contributed by atoms with Crippen LogP contribution in [0.5, 0.6) is 0 Å². The van der Waals surface area contributed by atoms with E-state index in [2.05, 4.69) is 21.4 Å². The van der Waals surface area contributed by atoms with Crippen molar-refractivity contribution < 1.29 is 0 Å². The van der Waals surface area contributed by atoms with Gasteiger partial charge in [0.2, 0.25) is 0 Å². The van der Waals surface area contributed by atoms with Crippen molar-refractivity contribution in [3.8, 4) is 6.07 Å². The molecule has 1 aliphatic heterocycles. The fourth-order valence-electron chi connectivity index (χ4n) is 2.20. The lowest BCUT2D eigenvalue weighted by Crippen LogP contribution is -2.30. The minimum absolute atomic E-state index is 0.712. The predicted molar refractivity (Wildman–Crippen MR) is 62.4 cm³/mol. The van der Waals surface area contributed by atoms with E-state index in [1.807, 2.05) is 18.7 Å². The Kier molecular flexibility index (Phi) is 3.11. The normalized spacial score (nSPS) is 16.9. The Morgan fingerprint density at radius 1 is 1.38 bits per heavy atom. The molecule has 16 heavy (non-hydrogen) atoms. The summed E-state index contributed by atoms with van der Waals surface area (Å²) in [5.41, 5.74) is 1.53. The predicted octanol–water partition coefficient (Wildman–Crippen LogP) is 0.400. The highest BCUT2D eigenvalue weighted by molar-refractivity contribution is 5.57. The van der Waals surface area contributed by atoms with Gasteiger partial charge in [-0.05, 0) is 19.9 Å². The molecule has 0 unspecified atom stereocenters. The lowest BCUT2D eigenvalue weighted by molar-refractivity contribution is 0.703. The van der Waals surface area contributed by atoms with Crippen LogP contribution in [0.1, 0.15) is 17.7 Å². The number of nitriles is 1. The Balaban J connectivity index is 2.34. The van der Waals surface area contributed by atoms with Gasteiger partial charge in [-0.25, -0.2) is 0 Å². The number of anilines is 1. The lowest BCUT2D eigenvalue weighted by Gasteiger charge is -2.22. The van der Waals surface area contributed by atoms with Crippen LogP contribution in [0, 0.1) is 18.3 Å². The average Bonchev–Trinajstić information content (AvgIpc) is 2.48. The van der Waals surface area contributed by atoms with E-state index >= 15 is 0 Å². The van der Waals surface area contributed by atoms with Gasteiger partial charge in [-0.15, -0.1) is 0 Å². The summed E-state index contributed by atoms with van der Waals surface area (Å²) in [6, 6.07) is 2.26. The summed E-state index contributed by atoms with van der Waals surface area (Å²) >= 11 is 0. The summed E-state index contributed by atoms with van der Waals surface area (Å²) < 4.78 is 1.82. The second-order valence-corrected chi connectivity index (χ2v) is 4.11. The van der Waals surface area contributed by atoms with E-state index < -0.39 is 0 Å². The van der Waals surface area contributed by atoms with Gasteiger partial charge in [0.25, 0.3) is 0 Å². The Labute approximate surface area is 95.7 Å². The van der Waals surface area contributed by atoms with E-state index in [4.69, 9.17) is 5.26 Å². The number of aromatic nitrogens is 2. The number of nitrogens with zero attached hydrogens (tertiary/aromatic N) is 4. The second kappa shape index (κ2) is 4.54. The quantitative estimate of drug-likeness (QED) is 0.743. The number of nitrogens with one attached hydrogen (secondary N) is 1. The molecule has 2 heterocycles. The molecule has 2 rings (SSSR count). The van der Waals surface area contributed by atoms with Crippen LogP contribution in [0.3, 0.4) is 0 Å². The Morgan fingerprint density at radius 3 is 2.94 bits per heavy atom. The SMILES string of the molecule is Cc1nn(C)c(N2CCCNCC2)c1C#N. The minimum atomic E-state index is 0.712. The molecule has 1 saturated heterocycles. The number of aryl methyl sites for hydroxylation is 2. The third-order valence-corrected chi connectivity index (χ3v) is 2.94. The highest BCUT2D eigenvalue weighted by Crippen LogP contribution is 2.22. The molecular formula is C11H17N5. The van der Waals surface area contributed by atoms with Crippen LogP contribution in [0.15, 0.2) is 0 Å². The molecule has 0 spiro atoms. The van der Waals surface area contributed by atoms with Crippen molar-refractivity contribution in [2.45, 2.75) is 13.3 Å². The largest absolute Gasteiger partial charge is 0.354 e. The van der Waals surface area contributed by atoms with Crippen LogP contribution in [0.2, 0.25) is 0 Å². The van der Waals surface area contributed by atoms with E-state index in [1.165, 1.54) is 0 Å². The van der Waals surface area contributed by atoms with Crippen molar-refractivity contribution in [3.05, 3.63) is 11.3 Å². The third-order valence-electron chi connectivity index (χ3n) is 2.94. The summed E-state index contributed by atoms with van der Waals surface area (Å²) in [6.45, 7) is 5.83. The molecule has 0 amide bonds. The van der Waals surface area contributed by atoms with E-state index in [1.54, 1.807) is 0 Å². The van der Waals surface area contributed by atoms with E-state index in [0.717, 1.165) is 44.1 Å². The van der Waals surface area contributed by atoms with Gasteiger partial charge in [-0.3, -0.25) is 4.68 Å². The van der Waals surface area contributed by atoms with E-state index in [0.29, 0.717) is 5.56 Å². The first-order valence-corrected chi connectivity index (χ1v) is 5.63. The van der Waals surface area contributed by atoms with Gasteiger partial charge in [0.05, 0.1) is 5.69 Å². The first kappa shape index (κ1) is 11.0. The fraction of sp³-hybridized carbons (Fsp3) is 0.636. The molecule has 0 atom stereocenters. The van der Waals surface area contributed by atoms with E-state index in [9.17, 15) is 0 Å². The first-order valence-electron chi connectivity index (χ1n) is 5.63. The molecule has 0 saturated carbocycles. The van der Waals surface area contributed by atoms with Crippen molar-refractivity contribution >= 4 is 5.82 Å². The van der Waals surface area contributed by atoms with Crippen molar-refractivity contribution in [1.29, 1.82) is 5.26 Å². The molecule has 0 bridgehead atoms. The maximum Gasteiger partial charge on any atom is 0.145 e. The lowest BCUT2D eigenvalue weighted by atomic mass is 10.2. The number of hydrogen-bond donors (Lipinski definition) is 1.